The first-order valence-electron chi connectivity index (χ1n) is 11.7. The van der Waals surface area contributed by atoms with E-state index in [-0.39, 0.29) is 41.3 Å². The minimum atomic E-state index is -0.820. The van der Waals surface area contributed by atoms with Crippen LogP contribution in [-0.4, -0.2) is 35.1 Å². The number of carbonyl (C=O) groups excluding carboxylic acids is 2. The molecule has 1 unspecified atom stereocenters. The summed E-state index contributed by atoms with van der Waals surface area (Å²) in [7, 11) is 0. The van der Waals surface area contributed by atoms with Crippen molar-refractivity contribution in [1.29, 1.82) is 0 Å². The number of carbonyl (C=O) groups is 2. The van der Waals surface area contributed by atoms with Gasteiger partial charge >= 0.3 is 5.97 Å². The molecule has 4 aliphatic carbocycles. The summed E-state index contributed by atoms with van der Waals surface area (Å²) in [5.41, 5.74) is 4.48. The maximum absolute atomic E-state index is 12.6. The van der Waals surface area contributed by atoms with Gasteiger partial charge < -0.3 is 15.6 Å². The van der Waals surface area contributed by atoms with Crippen LogP contribution in [0.1, 0.15) is 79.1 Å². The summed E-state index contributed by atoms with van der Waals surface area (Å²) in [6.07, 6.45) is 6.71. The van der Waals surface area contributed by atoms with Gasteiger partial charge in [-0.05, 0) is 67.6 Å². The first kappa shape index (κ1) is 21.3. The normalized spacial score (nSPS) is 50.3. The number of aliphatic hydroxyl groups is 1. The van der Waals surface area contributed by atoms with Crippen LogP contribution in [0, 0.1) is 40.4 Å². The molecule has 3 N–H and O–H groups in total. The van der Waals surface area contributed by atoms with Gasteiger partial charge in [-0.1, -0.05) is 27.7 Å². The van der Waals surface area contributed by atoms with Gasteiger partial charge in [0.1, 0.15) is 11.9 Å². The highest BCUT2D eigenvalue weighted by Crippen LogP contribution is 2.67. The molecule has 0 aromatic heterocycles. The second-order valence-corrected chi connectivity index (χ2v) is 11.2. The number of Topliss-reactive ketones (excluding diaryl/α,β-unsaturated/α-hetero) is 1. The van der Waals surface area contributed by atoms with E-state index in [1.807, 2.05) is 0 Å². The molecule has 4 rings (SSSR count). The Hall–Kier alpha value is -0.940. The fourth-order valence-corrected chi connectivity index (χ4v) is 7.89. The van der Waals surface area contributed by atoms with Crippen molar-refractivity contribution in [1.82, 2.24) is 0 Å². The van der Waals surface area contributed by atoms with Gasteiger partial charge in [0.05, 0.1) is 11.5 Å². The van der Waals surface area contributed by atoms with Gasteiger partial charge in [-0.15, -0.1) is 0 Å². The number of hydrogen-bond acceptors (Lipinski definition) is 5. The van der Waals surface area contributed by atoms with Crippen LogP contribution >= 0.6 is 0 Å². The van der Waals surface area contributed by atoms with Crippen LogP contribution in [0.4, 0.5) is 0 Å². The molecule has 0 aromatic rings. The van der Waals surface area contributed by atoms with Crippen LogP contribution in [0.5, 0.6) is 0 Å². The lowest BCUT2D eigenvalue weighted by atomic mass is 9.41. The number of rotatable bonds is 3. The molecule has 0 radical (unpaired) electrons. The van der Waals surface area contributed by atoms with E-state index in [2.05, 4.69) is 20.8 Å². The summed E-state index contributed by atoms with van der Waals surface area (Å²) in [5.74, 6) is 1.50. The number of ketones is 1. The molecule has 0 aliphatic heterocycles. The van der Waals surface area contributed by atoms with Crippen molar-refractivity contribution in [2.45, 2.75) is 90.8 Å². The van der Waals surface area contributed by atoms with Crippen molar-refractivity contribution < 1.29 is 19.4 Å². The molecule has 0 aromatic carbocycles. The molecule has 9 atom stereocenters. The van der Waals surface area contributed by atoms with Gasteiger partial charge in [0.2, 0.25) is 0 Å². The topological polar surface area (TPSA) is 89.6 Å². The lowest BCUT2D eigenvalue weighted by molar-refractivity contribution is -0.245. The van der Waals surface area contributed by atoms with Crippen LogP contribution in [0.3, 0.4) is 0 Å². The van der Waals surface area contributed by atoms with Crippen molar-refractivity contribution in [3.8, 4) is 0 Å². The molecule has 0 spiro atoms. The Kier molecular flexibility index (Phi) is 5.18. The highest BCUT2D eigenvalue weighted by atomic mass is 16.5. The van der Waals surface area contributed by atoms with Crippen LogP contribution in [-0.2, 0) is 14.3 Å². The van der Waals surface area contributed by atoms with Crippen molar-refractivity contribution in [2.75, 3.05) is 6.54 Å². The summed E-state index contributed by atoms with van der Waals surface area (Å²) in [5, 5.41) is 12.0. The average Bonchev–Trinajstić information content (AvgIpc) is 2.98. The molecular formula is C24H39NO4. The van der Waals surface area contributed by atoms with E-state index in [1.54, 1.807) is 6.92 Å². The average molecular weight is 406 g/mol. The van der Waals surface area contributed by atoms with E-state index in [1.165, 1.54) is 0 Å². The molecule has 0 heterocycles. The molecule has 5 nitrogen and oxygen atoms in total. The van der Waals surface area contributed by atoms with Crippen molar-refractivity contribution in [2.24, 2.45) is 46.2 Å². The summed E-state index contributed by atoms with van der Waals surface area (Å²) in [6, 6.07) is 0. The second-order valence-electron chi connectivity index (χ2n) is 11.2. The number of esters is 1. The van der Waals surface area contributed by atoms with Crippen LogP contribution in [0.2, 0.25) is 0 Å². The van der Waals surface area contributed by atoms with Gasteiger partial charge in [-0.2, -0.15) is 0 Å². The molecule has 4 saturated carbocycles. The Labute approximate surface area is 175 Å². The standard InChI is InChI=1S/C24H39NO4/c1-14(13-25)21(27)29-16-7-10-23(4)19-8-9-22(3)18(5-6-20(22)26)17(19)11-15(2)24(23,28)12-16/h14-19,28H,5-13,25H2,1-4H3/t14?,15-,16-,17-,18-,19-,22-,23+,24-/m0/s1. The van der Waals surface area contributed by atoms with Gasteiger partial charge in [0.25, 0.3) is 0 Å². The Bertz CT molecular complexity index is 694. The summed E-state index contributed by atoms with van der Waals surface area (Å²) >= 11 is 0. The number of nitrogens with two attached hydrogens (primary N) is 1. The summed E-state index contributed by atoms with van der Waals surface area (Å²) in [6.45, 7) is 8.72. The molecule has 0 amide bonds. The summed E-state index contributed by atoms with van der Waals surface area (Å²) in [4.78, 5) is 24.9. The van der Waals surface area contributed by atoms with Crippen LogP contribution in [0.15, 0.2) is 0 Å². The molecule has 29 heavy (non-hydrogen) atoms. The second kappa shape index (κ2) is 7.05. The van der Waals surface area contributed by atoms with Gasteiger partial charge in [-0.25, -0.2) is 0 Å². The summed E-state index contributed by atoms with van der Waals surface area (Å²) < 4.78 is 5.76. The predicted octanol–water partition coefficient (Wildman–Crippen LogP) is 3.47. The molecule has 164 valence electrons. The predicted molar refractivity (Wildman–Crippen MR) is 111 cm³/mol. The maximum Gasteiger partial charge on any atom is 0.310 e. The molecule has 4 aliphatic rings. The lowest BCUT2D eigenvalue weighted by Crippen LogP contribution is -2.66. The third-order valence-electron chi connectivity index (χ3n) is 9.96. The fourth-order valence-electron chi connectivity index (χ4n) is 7.89. The van der Waals surface area contributed by atoms with E-state index in [4.69, 9.17) is 10.5 Å². The minimum absolute atomic E-state index is 0.139. The van der Waals surface area contributed by atoms with Crippen LogP contribution < -0.4 is 5.73 Å². The number of fused-ring (bicyclic) bond motifs is 5. The van der Waals surface area contributed by atoms with Crippen molar-refractivity contribution in [3.63, 3.8) is 0 Å². The molecule has 0 saturated heterocycles. The largest absolute Gasteiger partial charge is 0.462 e. The molecule has 4 fully saturated rings. The molecule has 5 heteroatoms. The van der Waals surface area contributed by atoms with Gasteiger partial charge in [0.15, 0.2) is 0 Å². The highest BCUT2D eigenvalue weighted by Gasteiger charge is 2.66. The maximum atomic E-state index is 12.6. The van der Waals surface area contributed by atoms with E-state index in [9.17, 15) is 14.7 Å². The number of hydrogen-bond donors (Lipinski definition) is 2. The minimum Gasteiger partial charge on any atom is -0.462 e. The van der Waals surface area contributed by atoms with E-state index in [0.29, 0.717) is 30.0 Å². The Morgan fingerprint density at radius 1 is 1.24 bits per heavy atom. The molecular weight excluding hydrogens is 366 g/mol. The number of ether oxygens (including phenoxy) is 1. The third-order valence-corrected chi connectivity index (χ3v) is 9.96. The van der Waals surface area contributed by atoms with Crippen molar-refractivity contribution >= 4 is 11.8 Å². The van der Waals surface area contributed by atoms with E-state index in [0.717, 1.165) is 44.9 Å². The van der Waals surface area contributed by atoms with Gasteiger partial charge in [0, 0.05) is 24.8 Å². The zero-order valence-corrected chi connectivity index (χ0v) is 18.6. The Morgan fingerprint density at radius 2 is 1.97 bits per heavy atom. The first-order chi connectivity index (χ1) is 13.6. The molecule has 0 bridgehead atoms. The first-order valence-corrected chi connectivity index (χ1v) is 11.7. The Balaban J connectivity index is 1.57. The third kappa shape index (κ3) is 2.94. The highest BCUT2D eigenvalue weighted by molar-refractivity contribution is 5.87. The van der Waals surface area contributed by atoms with Gasteiger partial charge in [-0.3, -0.25) is 9.59 Å². The van der Waals surface area contributed by atoms with E-state index < -0.39 is 5.60 Å². The zero-order chi connectivity index (χ0) is 21.2. The van der Waals surface area contributed by atoms with Crippen LogP contribution in [0.25, 0.3) is 0 Å². The van der Waals surface area contributed by atoms with E-state index >= 15 is 0 Å². The Morgan fingerprint density at radius 3 is 2.66 bits per heavy atom. The fraction of sp³-hybridized carbons (Fsp3) is 0.917. The van der Waals surface area contributed by atoms with Crippen molar-refractivity contribution in [3.05, 3.63) is 0 Å². The quantitative estimate of drug-likeness (QED) is 0.702. The smallest absolute Gasteiger partial charge is 0.310 e. The monoisotopic (exact) mass is 405 g/mol. The zero-order valence-electron chi connectivity index (χ0n) is 18.6. The SMILES string of the molecule is CC(CN)C(=O)O[C@H]1CC[C@]2(C)[C@H]3CC[C@]4(C)C(=O)CC[C@H]4[C@@H]3C[C@H](C)[C@@]2(O)C1. The lowest BCUT2D eigenvalue weighted by Gasteiger charge is -2.65.